The van der Waals surface area contributed by atoms with Crippen molar-refractivity contribution in [3.05, 3.63) is 89.5 Å². The van der Waals surface area contributed by atoms with Crippen molar-refractivity contribution >= 4 is 17.8 Å². The summed E-state index contributed by atoms with van der Waals surface area (Å²) < 4.78 is 5.37. The van der Waals surface area contributed by atoms with Crippen molar-refractivity contribution < 1.29 is 24.0 Å². The molecule has 2 amide bonds. The number of imide groups is 1. The molecule has 6 nitrogen and oxygen atoms in total. The summed E-state index contributed by atoms with van der Waals surface area (Å²) >= 11 is 0. The fourth-order valence-electron chi connectivity index (χ4n) is 3.06. The molecule has 3 aromatic rings. The maximum atomic E-state index is 12.6. The number of benzene rings is 3. The van der Waals surface area contributed by atoms with E-state index in [1.807, 2.05) is 30.3 Å². The van der Waals surface area contributed by atoms with Crippen molar-refractivity contribution in [3.8, 4) is 16.9 Å². The van der Waals surface area contributed by atoms with Gasteiger partial charge in [-0.25, -0.2) is 4.79 Å². The Bertz CT molecular complexity index is 1060. The molecule has 0 aromatic heterocycles. The zero-order valence-corrected chi connectivity index (χ0v) is 14.9. The van der Waals surface area contributed by atoms with Gasteiger partial charge in [0.25, 0.3) is 11.8 Å². The number of amides is 2. The first-order chi connectivity index (χ1) is 13.6. The highest BCUT2D eigenvalue weighted by molar-refractivity contribution is 6.21. The fourth-order valence-corrected chi connectivity index (χ4v) is 3.06. The summed E-state index contributed by atoms with van der Waals surface area (Å²) in [5.41, 5.74) is 2.16. The van der Waals surface area contributed by atoms with Crippen LogP contribution in [-0.4, -0.2) is 30.0 Å². The lowest BCUT2D eigenvalue weighted by Gasteiger charge is -2.14. The molecule has 1 heterocycles. The molecule has 0 atom stereocenters. The van der Waals surface area contributed by atoms with E-state index in [2.05, 4.69) is 0 Å². The van der Waals surface area contributed by atoms with Crippen molar-refractivity contribution in [3.63, 3.8) is 0 Å². The first kappa shape index (κ1) is 17.5. The average Bonchev–Trinajstić information content (AvgIpc) is 2.99. The molecule has 0 unspecified atom stereocenters. The molecule has 3 aromatic carbocycles. The van der Waals surface area contributed by atoms with Gasteiger partial charge in [0, 0.05) is 5.56 Å². The molecular formula is C22H15NO5. The van der Waals surface area contributed by atoms with Crippen LogP contribution >= 0.6 is 0 Å². The fraction of sp³-hybridized carbons (Fsp3) is 0.0455. The maximum Gasteiger partial charge on any atom is 0.363 e. The minimum absolute atomic E-state index is 0.191. The SMILES string of the molecule is COc1ccc(C(=O)ON2C(=O)c3ccccc3C2=O)cc1-c1ccccc1. The highest BCUT2D eigenvalue weighted by atomic mass is 16.7. The molecule has 138 valence electrons. The number of carbonyl (C=O) groups is 3. The Labute approximate surface area is 160 Å². The summed E-state index contributed by atoms with van der Waals surface area (Å²) in [6, 6.07) is 20.5. The van der Waals surface area contributed by atoms with E-state index in [4.69, 9.17) is 9.57 Å². The van der Waals surface area contributed by atoms with Crippen LogP contribution in [0.1, 0.15) is 31.1 Å². The zero-order chi connectivity index (χ0) is 19.7. The van der Waals surface area contributed by atoms with E-state index < -0.39 is 17.8 Å². The molecule has 0 fully saturated rings. The van der Waals surface area contributed by atoms with E-state index in [-0.39, 0.29) is 16.7 Å². The number of methoxy groups -OCH3 is 1. The third-order valence-corrected chi connectivity index (χ3v) is 4.45. The average molecular weight is 373 g/mol. The number of ether oxygens (including phenoxy) is 1. The van der Waals surface area contributed by atoms with E-state index in [9.17, 15) is 14.4 Å². The molecule has 0 N–H and O–H groups in total. The summed E-state index contributed by atoms with van der Waals surface area (Å²) in [7, 11) is 1.54. The van der Waals surface area contributed by atoms with Gasteiger partial charge in [0.1, 0.15) is 5.75 Å². The third kappa shape index (κ3) is 2.91. The molecule has 0 saturated heterocycles. The van der Waals surface area contributed by atoms with Crippen LogP contribution in [0.3, 0.4) is 0 Å². The van der Waals surface area contributed by atoms with Crippen molar-refractivity contribution in [1.29, 1.82) is 0 Å². The molecule has 1 aliphatic rings. The van der Waals surface area contributed by atoms with Crippen molar-refractivity contribution in [2.75, 3.05) is 7.11 Å². The Morgan fingerprint density at radius 2 is 1.39 bits per heavy atom. The Kier molecular flexibility index (Phi) is 4.37. The van der Waals surface area contributed by atoms with Gasteiger partial charge in [0.05, 0.1) is 23.8 Å². The summed E-state index contributed by atoms with van der Waals surface area (Å²) in [5.74, 6) is -1.55. The first-order valence-corrected chi connectivity index (χ1v) is 8.53. The number of hydrogen-bond acceptors (Lipinski definition) is 5. The molecule has 28 heavy (non-hydrogen) atoms. The minimum atomic E-state index is -0.811. The molecule has 0 bridgehead atoms. The second-order valence-corrected chi connectivity index (χ2v) is 6.11. The normalized spacial score (nSPS) is 12.7. The Balaban J connectivity index is 1.63. The summed E-state index contributed by atoms with van der Waals surface area (Å²) in [5, 5.41) is 0.499. The van der Waals surface area contributed by atoms with Gasteiger partial charge in [-0.15, -0.1) is 0 Å². The van der Waals surface area contributed by atoms with E-state index in [0.29, 0.717) is 16.4 Å². The van der Waals surface area contributed by atoms with Crippen LogP contribution in [-0.2, 0) is 4.84 Å². The molecule has 1 aliphatic heterocycles. The Morgan fingerprint density at radius 3 is 2.00 bits per heavy atom. The minimum Gasteiger partial charge on any atom is -0.496 e. The first-order valence-electron chi connectivity index (χ1n) is 8.53. The molecule has 0 aliphatic carbocycles. The van der Waals surface area contributed by atoms with Crippen LogP contribution in [0.2, 0.25) is 0 Å². The number of carbonyl (C=O) groups excluding carboxylic acids is 3. The number of fused-ring (bicyclic) bond motifs is 1. The quantitative estimate of drug-likeness (QED) is 0.652. The van der Waals surface area contributed by atoms with E-state index in [0.717, 1.165) is 5.56 Å². The van der Waals surface area contributed by atoms with Crippen LogP contribution in [0.4, 0.5) is 0 Å². The van der Waals surface area contributed by atoms with Gasteiger partial charge in [-0.2, -0.15) is 0 Å². The molecule has 0 spiro atoms. The lowest BCUT2D eigenvalue weighted by molar-refractivity contribution is -0.0584. The number of rotatable bonds is 4. The van der Waals surface area contributed by atoms with E-state index in [1.54, 1.807) is 31.4 Å². The summed E-state index contributed by atoms with van der Waals surface area (Å²) in [6.45, 7) is 0. The Hall–Kier alpha value is -3.93. The van der Waals surface area contributed by atoms with Crippen molar-refractivity contribution in [2.24, 2.45) is 0 Å². The van der Waals surface area contributed by atoms with Crippen LogP contribution in [0.5, 0.6) is 5.75 Å². The lowest BCUT2D eigenvalue weighted by Crippen LogP contribution is -2.32. The predicted molar refractivity (Wildman–Crippen MR) is 101 cm³/mol. The van der Waals surface area contributed by atoms with Gasteiger partial charge in [-0.3, -0.25) is 9.59 Å². The van der Waals surface area contributed by atoms with Crippen LogP contribution in [0.25, 0.3) is 11.1 Å². The van der Waals surface area contributed by atoms with Crippen LogP contribution in [0.15, 0.2) is 72.8 Å². The van der Waals surface area contributed by atoms with Gasteiger partial charge in [0.15, 0.2) is 0 Å². The molecule has 0 radical (unpaired) electrons. The topological polar surface area (TPSA) is 72.9 Å². The standard InChI is InChI=1S/C22H15NO5/c1-27-19-12-11-15(13-18(19)14-7-3-2-4-8-14)22(26)28-23-20(24)16-9-5-6-10-17(16)21(23)25/h2-13H,1H3. The third-order valence-electron chi connectivity index (χ3n) is 4.45. The highest BCUT2D eigenvalue weighted by Gasteiger charge is 2.38. The maximum absolute atomic E-state index is 12.6. The largest absolute Gasteiger partial charge is 0.496 e. The molecule has 0 saturated carbocycles. The van der Waals surface area contributed by atoms with Gasteiger partial charge >= 0.3 is 5.97 Å². The van der Waals surface area contributed by atoms with Gasteiger partial charge < -0.3 is 9.57 Å². The van der Waals surface area contributed by atoms with E-state index in [1.165, 1.54) is 18.2 Å². The van der Waals surface area contributed by atoms with Crippen molar-refractivity contribution in [2.45, 2.75) is 0 Å². The molecular weight excluding hydrogens is 358 g/mol. The highest BCUT2D eigenvalue weighted by Crippen LogP contribution is 2.31. The number of nitrogens with zero attached hydrogens (tertiary/aromatic N) is 1. The van der Waals surface area contributed by atoms with E-state index >= 15 is 0 Å². The second kappa shape index (κ2) is 7.00. The number of hydroxylamine groups is 2. The summed E-state index contributed by atoms with van der Waals surface area (Å²) in [6.07, 6.45) is 0. The van der Waals surface area contributed by atoms with Crippen LogP contribution in [0, 0.1) is 0 Å². The number of hydrogen-bond donors (Lipinski definition) is 0. The monoisotopic (exact) mass is 373 g/mol. The van der Waals surface area contributed by atoms with Gasteiger partial charge in [0.2, 0.25) is 0 Å². The van der Waals surface area contributed by atoms with Gasteiger partial charge in [-0.05, 0) is 35.9 Å². The van der Waals surface area contributed by atoms with Crippen molar-refractivity contribution in [1.82, 2.24) is 5.06 Å². The Morgan fingerprint density at radius 1 is 0.786 bits per heavy atom. The zero-order valence-electron chi connectivity index (χ0n) is 14.9. The van der Waals surface area contributed by atoms with Gasteiger partial charge in [-0.1, -0.05) is 47.5 Å². The molecule has 6 heteroatoms. The predicted octanol–water partition coefficient (Wildman–Crippen LogP) is 3.73. The molecule has 4 rings (SSSR count). The summed E-state index contributed by atoms with van der Waals surface area (Å²) in [4.78, 5) is 42.5. The van der Waals surface area contributed by atoms with Crippen LogP contribution < -0.4 is 4.74 Å². The second-order valence-electron chi connectivity index (χ2n) is 6.11. The smallest absolute Gasteiger partial charge is 0.363 e. The lowest BCUT2D eigenvalue weighted by atomic mass is 10.0.